The van der Waals surface area contributed by atoms with E-state index < -0.39 is 0 Å². The van der Waals surface area contributed by atoms with Crippen LogP contribution < -0.4 is 5.73 Å². The van der Waals surface area contributed by atoms with Crippen molar-refractivity contribution in [3.8, 4) is 0 Å². The number of epoxide rings is 1. The Morgan fingerprint density at radius 2 is 2.11 bits per heavy atom. The summed E-state index contributed by atoms with van der Waals surface area (Å²) < 4.78 is 5.06. The molecule has 1 fully saturated rings. The van der Waals surface area contributed by atoms with Gasteiger partial charge in [-0.15, -0.1) is 0 Å². The third-order valence-electron chi connectivity index (χ3n) is 1.63. The molecular weight excluding hydrogens is 114 g/mol. The van der Waals surface area contributed by atoms with Gasteiger partial charge in [-0.25, -0.2) is 0 Å². The van der Waals surface area contributed by atoms with Gasteiger partial charge in [0.2, 0.25) is 0 Å². The van der Waals surface area contributed by atoms with Crippen molar-refractivity contribution in [2.24, 2.45) is 5.73 Å². The Labute approximate surface area is 56.4 Å². The topological polar surface area (TPSA) is 38.5 Å². The summed E-state index contributed by atoms with van der Waals surface area (Å²) in [5, 5.41) is 0. The molecule has 0 radical (unpaired) electrons. The van der Waals surface area contributed by atoms with Crippen LogP contribution in [0.4, 0.5) is 0 Å². The molecule has 0 aromatic heterocycles. The molecule has 0 bridgehead atoms. The SMILES string of the molecule is NCCCCCC1CO1. The average Bonchev–Trinajstić information content (AvgIpc) is 2.63. The summed E-state index contributed by atoms with van der Waals surface area (Å²) in [5.74, 6) is 0. The van der Waals surface area contributed by atoms with Crippen LogP contribution in [0.1, 0.15) is 25.7 Å². The summed E-state index contributed by atoms with van der Waals surface area (Å²) in [6.45, 7) is 1.84. The van der Waals surface area contributed by atoms with E-state index in [4.69, 9.17) is 10.5 Å². The van der Waals surface area contributed by atoms with Gasteiger partial charge in [0, 0.05) is 0 Å². The van der Waals surface area contributed by atoms with Crippen LogP contribution in [0.5, 0.6) is 0 Å². The van der Waals surface area contributed by atoms with E-state index in [1.165, 1.54) is 25.7 Å². The molecule has 1 rings (SSSR count). The normalized spacial score (nSPS) is 24.3. The van der Waals surface area contributed by atoms with Gasteiger partial charge in [-0.1, -0.05) is 12.8 Å². The minimum atomic E-state index is 0.614. The Balaban J connectivity index is 1.71. The van der Waals surface area contributed by atoms with E-state index >= 15 is 0 Å². The van der Waals surface area contributed by atoms with Gasteiger partial charge in [-0.3, -0.25) is 0 Å². The molecule has 1 saturated heterocycles. The highest BCUT2D eigenvalue weighted by Gasteiger charge is 2.20. The van der Waals surface area contributed by atoms with E-state index in [9.17, 15) is 0 Å². The van der Waals surface area contributed by atoms with Crippen LogP contribution >= 0.6 is 0 Å². The van der Waals surface area contributed by atoms with Crippen LogP contribution in [0.3, 0.4) is 0 Å². The average molecular weight is 129 g/mol. The van der Waals surface area contributed by atoms with Crippen molar-refractivity contribution in [2.75, 3.05) is 13.2 Å². The summed E-state index contributed by atoms with van der Waals surface area (Å²) in [6.07, 6.45) is 5.60. The van der Waals surface area contributed by atoms with Crippen molar-refractivity contribution >= 4 is 0 Å². The van der Waals surface area contributed by atoms with E-state index in [1.807, 2.05) is 0 Å². The first-order valence-corrected chi connectivity index (χ1v) is 3.75. The molecule has 0 amide bonds. The summed E-state index contributed by atoms with van der Waals surface area (Å²) in [4.78, 5) is 0. The second kappa shape index (κ2) is 3.85. The van der Waals surface area contributed by atoms with Crippen LogP contribution in [0.25, 0.3) is 0 Å². The summed E-state index contributed by atoms with van der Waals surface area (Å²) in [7, 11) is 0. The monoisotopic (exact) mass is 129 g/mol. The molecule has 9 heavy (non-hydrogen) atoms. The zero-order valence-electron chi connectivity index (χ0n) is 5.81. The van der Waals surface area contributed by atoms with Crippen molar-refractivity contribution in [2.45, 2.75) is 31.8 Å². The number of hydrogen-bond acceptors (Lipinski definition) is 2. The third-order valence-corrected chi connectivity index (χ3v) is 1.63. The molecule has 0 spiro atoms. The van der Waals surface area contributed by atoms with Gasteiger partial charge in [0.15, 0.2) is 0 Å². The largest absolute Gasteiger partial charge is 0.373 e. The smallest absolute Gasteiger partial charge is 0.0810 e. The fourth-order valence-electron chi connectivity index (χ4n) is 0.928. The molecule has 1 aliphatic heterocycles. The van der Waals surface area contributed by atoms with Crippen molar-refractivity contribution in [1.82, 2.24) is 0 Å². The number of hydrogen-bond donors (Lipinski definition) is 1. The van der Waals surface area contributed by atoms with Crippen molar-refractivity contribution in [3.63, 3.8) is 0 Å². The van der Waals surface area contributed by atoms with Gasteiger partial charge in [0.1, 0.15) is 0 Å². The molecule has 2 nitrogen and oxygen atoms in total. The predicted molar refractivity (Wildman–Crippen MR) is 37.3 cm³/mol. The van der Waals surface area contributed by atoms with Crippen molar-refractivity contribution < 1.29 is 4.74 Å². The molecule has 0 aromatic carbocycles. The summed E-state index contributed by atoms with van der Waals surface area (Å²) in [6, 6.07) is 0. The van der Waals surface area contributed by atoms with Crippen LogP contribution in [-0.2, 0) is 4.74 Å². The van der Waals surface area contributed by atoms with Crippen molar-refractivity contribution in [1.29, 1.82) is 0 Å². The molecule has 1 atom stereocenters. The predicted octanol–water partition coefficient (Wildman–Crippen LogP) is 0.904. The van der Waals surface area contributed by atoms with Crippen LogP contribution in [0, 0.1) is 0 Å². The van der Waals surface area contributed by atoms with Crippen LogP contribution in [0.2, 0.25) is 0 Å². The van der Waals surface area contributed by atoms with Gasteiger partial charge in [-0.05, 0) is 19.4 Å². The fourth-order valence-corrected chi connectivity index (χ4v) is 0.928. The second-order valence-corrected chi connectivity index (χ2v) is 2.59. The highest BCUT2D eigenvalue weighted by atomic mass is 16.6. The van der Waals surface area contributed by atoms with E-state index in [0.29, 0.717) is 6.10 Å². The van der Waals surface area contributed by atoms with Gasteiger partial charge < -0.3 is 10.5 Å². The van der Waals surface area contributed by atoms with E-state index in [-0.39, 0.29) is 0 Å². The summed E-state index contributed by atoms with van der Waals surface area (Å²) >= 11 is 0. The number of ether oxygens (including phenoxy) is 1. The quantitative estimate of drug-likeness (QED) is 0.442. The Morgan fingerprint density at radius 1 is 1.33 bits per heavy atom. The first kappa shape index (κ1) is 7.03. The standard InChI is InChI=1S/C7H15NO/c8-5-3-1-2-4-7-6-9-7/h7H,1-6,8H2. The van der Waals surface area contributed by atoms with Gasteiger partial charge in [0.25, 0.3) is 0 Å². The summed E-state index contributed by atoms with van der Waals surface area (Å²) in [5.41, 5.74) is 5.33. The zero-order valence-corrected chi connectivity index (χ0v) is 5.81. The lowest BCUT2D eigenvalue weighted by Crippen LogP contribution is -1.98. The zero-order chi connectivity index (χ0) is 6.53. The minimum absolute atomic E-state index is 0.614. The van der Waals surface area contributed by atoms with E-state index in [0.717, 1.165) is 13.2 Å². The molecule has 54 valence electrons. The first-order valence-electron chi connectivity index (χ1n) is 3.75. The Bertz CT molecular complexity index is 71.3. The van der Waals surface area contributed by atoms with Gasteiger partial charge in [-0.2, -0.15) is 0 Å². The lowest BCUT2D eigenvalue weighted by molar-refractivity contribution is 0.388. The maximum absolute atomic E-state index is 5.33. The van der Waals surface area contributed by atoms with Gasteiger partial charge >= 0.3 is 0 Å². The number of unbranched alkanes of at least 4 members (excludes halogenated alkanes) is 2. The molecule has 1 unspecified atom stereocenters. The first-order chi connectivity index (χ1) is 4.43. The molecular formula is C7H15NO. The molecule has 2 N–H and O–H groups in total. The highest BCUT2D eigenvalue weighted by Crippen LogP contribution is 2.16. The Hall–Kier alpha value is -0.0800. The fraction of sp³-hybridized carbons (Fsp3) is 1.00. The lowest BCUT2D eigenvalue weighted by Gasteiger charge is -1.94. The molecule has 1 heterocycles. The minimum Gasteiger partial charge on any atom is -0.373 e. The third kappa shape index (κ3) is 3.49. The Morgan fingerprint density at radius 3 is 2.67 bits per heavy atom. The van der Waals surface area contributed by atoms with E-state index in [1.54, 1.807) is 0 Å². The maximum atomic E-state index is 5.33. The highest BCUT2D eigenvalue weighted by molar-refractivity contribution is 4.67. The van der Waals surface area contributed by atoms with Gasteiger partial charge in [0.05, 0.1) is 12.7 Å². The van der Waals surface area contributed by atoms with Crippen molar-refractivity contribution in [3.05, 3.63) is 0 Å². The lowest BCUT2D eigenvalue weighted by atomic mass is 10.1. The molecule has 0 saturated carbocycles. The number of nitrogens with two attached hydrogens (primary N) is 1. The number of rotatable bonds is 5. The molecule has 2 heteroatoms. The van der Waals surface area contributed by atoms with Crippen LogP contribution in [0.15, 0.2) is 0 Å². The Kier molecular flexibility index (Phi) is 3.01. The van der Waals surface area contributed by atoms with E-state index in [2.05, 4.69) is 0 Å². The molecule has 0 aromatic rings. The maximum Gasteiger partial charge on any atom is 0.0810 e. The molecule has 0 aliphatic carbocycles. The molecule has 1 aliphatic rings. The van der Waals surface area contributed by atoms with Crippen LogP contribution in [-0.4, -0.2) is 19.3 Å². The second-order valence-electron chi connectivity index (χ2n) is 2.59.